The zero-order chi connectivity index (χ0) is 18.5. The van der Waals surface area contributed by atoms with Crippen LogP contribution in [0.4, 0.5) is 5.95 Å². The molecule has 0 fully saturated rings. The van der Waals surface area contributed by atoms with Gasteiger partial charge in [-0.2, -0.15) is 0 Å². The number of carbonyl (C=O) groups is 1. The van der Waals surface area contributed by atoms with Gasteiger partial charge in [-0.1, -0.05) is 38.1 Å². The standard InChI is InChI=1S/C20H24N4O2/c1-20(2,3)12-9-10-16-13(11-12)17(23-26-16)18(25)22-19-21-14-7-5-6-8-15(14)24(19)4/h5-8,12H,9-11H2,1-4H3,(H,21,22,25)/t12-/m0/s1. The van der Waals surface area contributed by atoms with Gasteiger partial charge < -0.3 is 9.09 Å². The molecule has 2 heterocycles. The van der Waals surface area contributed by atoms with Crippen molar-refractivity contribution in [2.45, 2.75) is 40.0 Å². The van der Waals surface area contributed by atoms with Gasteiger partial charge in [-0.25, -0.2) is 4.98 Å². The second-order valence-electron chi connectivity index (χ2n) is 8.18. The number of rotatable bonds is 2. The lowest BCUT2D eigenvalue weighted by Crippen LogP contribution is -2.28. The smallest absolute Gasteiger partial charge is 0.280 e. The molecule has 0 saturated carbocycles. The number of fused-ring (bicyclic) bond motifs is 2. The Morgan fingerprint density at radius 1 is 1.31 bits per heavy atom. The van der Waals surface area contributed by atoms with E-state index in [2.05, 4.69) is 36.2 Å². The first-order chi connectivity index (χ1) is 12.3. The summed E-state index contributed by atoms with van der Waals surface area (Å²) in [4.78, 5) is 17.3. The monoisotopic (exact) mass is 352 g/mol. The Hall–Kier alpha value is -2.63. The van der Waals surface area contributed by atoms with Gasteiger partial charge in [0.2, 0.25) is 5.95 Å². The molecule has 3 aromatic rings. The largest absolute Gasteiger partial charge is 0.360 e. The Balaban J connectivity index is 1.62. The van der Waals surface area contributed by atoms with E-state index in [4.69, 9.17) is 4.52 Å². The summed E-state index contributed by atoms with van der Waals surface area (Å²) in [6.45, 7) is 6.74. The highest BCUT2D eigenvalue weighted by Gasteiger charge is 2.34. The van der Waals surface area contributed by atoms with E-state index in [1.54, 1.807) is 0 Å². The number of nitrogens with zero attached hydrogens (tertiary/aromatic N) is 3. The van der Waals surface area contributed by atoms with Crippen LogP contribution < -0.4 is 5.32 Å². The molecule has 26 heavy (non-hydrogen) atoms. The number of carbonyl (C=O) groups excluding carboxylic acids is 1. The van der Waals surface area contributed by atoms with Crippen LogP contribution in [0.15, 0.2) is 28.8 Å². The summed E-state index contributed by atoms with van der Waals surface area (Å²) >= 11 is 0. The van der Waals surface area contributed by atoms with Gasteiger partial charge in [-0.3, -0.25) is 10.1 Å². The summed E-state index contributed by atoms with van der Waals surface area (Å²) in [5.41, 5.74) is 3.35. The van der Waals surface area contributed by atoms with Crippen molar-refractivity contribution in [1.82, 2.24) is 14.7 Å². The number of benzene rings is 1. The van der Waals surface area contributed by atoms with E-state index in [0.717, 1.165) is 41.6 Å². The lowest BCUT2D eigenvalue weighted by Gasteiger charge is -2.33. The Morgan fingerprint density at radius 3 is 2.81 bits per heavy atom. The van der Waals surface area contributed by atoms with Gasteiger partial charge in [0.05, 0.1) is 11.0 Å². The third kappa shape index (κ3) is 2.79. The number of imidazole rings is 1. The highest BCUT2D eigenvalue weighted by atomic mass is 16.5. The Labute approximate surface area is 152 Å². The molecule has 1 atom stereocenters. The fourth-order valence-electron chi connectivity index (χ4n) is 3.74. The number of hydrogen-bond donors (Lipinski definition) is 1. The Kier molecular flexibility index (Phi) is 3.86. The first-order valence-corrected chi connectivity index (χ1v) is 9.05. The molecule has 0 bridgehead atoms. The minimum absolute atomic E-state index is 0.195. The summed E-state index contributed by atoms with van der Waals surface area (Å²) < 4.78 is 7.33. The molecule has 136 valence electrons. The minimum atomic E-state index is -0.261. The molecule has 1 amide bonds. The molecule has 1 aliphatic rings. The molecule has 0 radical (unpaired) electrons. The molecule has 4 rings (SSSR count). The van der Waals surface area contributed by atoms with Crippen LogP contribution in [0, 0.1) is 11.3 Å². The predicted molar refractivity (Wildman–Crippen MR) is 100 cm³/mol. The van der Waals surface area contributed by atoms with Gasteiger partial charge >= 0.3 is 0 Å². The average molecular weight is 352 g/mol. The van der Waals surface area contributed by atoms with Crippen molar-refractivity contribution in [3.63, 3.8) is 0 Å². The number of nitrogens with one attached hydrogen (secondary N) is 1. The fraction of sp³-hybridized carbons (Fsp3) is 0.450. The maximum absolute atomic E-state index is 12.8. The zero-order valence-electron chi connectivity index (χ0n) is 15.7. The van der Waals surface area contributed by atoms with Crippen LogP contribution >= 0.6 is 0 Å². The lowest BCUT2D eigenvalue weighted by molar-refractivity contribution is 0.101. The van der Waals surface area contributed by atoms with Crippen molar-refractivity contribution in [1.29, 1.82) is 0 Å². The van der Waals surface area contributed by atoms with Crippen LogP contribution in [0.1, 0.15) is 49.0 Å². The van der Waals surface area contributed by atoms with Crippen molar-refractivity contribution in [2.75, 3.05) is 5.32 Å². The third-order valence-corrected chi connectivity index (χ3v) is 5.49. The molecule has 1 aromatic carbocycles. The predicted octanol–water partition coefficient (Wildman–Crippen LogP) is 3.96. The van der Waals surface area contributed by atoms with Crippen molar-refractivity contribution in [2.24, 2.45) is 18.4 Å². The molecule has 6 nitrogen and oxygen atoms in total. The zero-order valence-corrected chi connectivity index (χ0v) is 15.7. The van der Waals surface area contributed by atoms with Crippen molar-refractivity contribution < 1.29 is 9.32 Å². The molecular weight excluding hydrogens is 328 g/mol. The summed E-state index contributed by atoms with van der Waals surface area (Å²) in [5, 5.41) is 6.97. The highest BCUT2D eigenvalue weighted by Crippen LogP contribution is 2.38. The molecule has 1 N–H and O–H groups in total. The number of amides is 1. The van der Waals surface area contributed by atoms with Gasteiger partial charge in [0.25, 0.3) is 5.91 Å². The van der Waals surface area contributed by atoms with Crippen LogP contribution in [0.3, 0.4) is 0 Å². The number of hydrogen-bond acceptors (Lipinski definition) is 4. The summed E-state index contributed by atoms with van der Waals surface area (Å²) in [6.07, 6.45) is 2.73. The lowest BCUT2D eigenvalue weighted by atomic mass is 9.71. The molecule has 2 aromatic heterocycles. The van der Waals surface area contributed by atoms with E-state index >= 15 is 0 Å². The number of aryl methyl sites for hydroxylation is 2. The first kappa shape index (κ1) is 16.8. The van der Waals surface area contributed by atoms with Gasteiger partial charge in [0, 0.05) is 19.0 Å². The van der Waals surface area contributed by atoms with Gasteiger partial charge in [-0.05, 0) is 36.3 Å². The molecule has 0 saturated heterocycles. The summed E-state index contributed by atoms with van der Waals surface area (Å²) in [7, 11) is 1.89. The highest BCUT2D eigenvalue weighted by molar-refractivity contribution is 6.03. The van der Waals surface area contributed by atoms with Crippen LogP contribution in [-0.4, -0.2) is 20.6 Å². The van der Waals surface area contributed by atoms with E-state index in [9.17, 15) is 4.79 Å². The van der Waals surface area contributed by atoms with Gasteiger partial charge in [0.1, 0.15) is 5.76 Å². The molecule has 1 aliphatic carbocycles. The van der Waals surface area contributed by atoms with Crippen molar-refractivity contribution in [3.8, 4) is 0 Å². The maximum atomic E-state index is 12.8. The van der Waals surface area contributed by atoms with E-state index in [1.165, 1.54) is 0 Å². The average Bonchev–Trinajstić information content (AvgIpc) is 3.16. The normalized spacial score (nSPS) is 17.3. The van der Waals surface area contributed by atoms with Crippen LogP contribution in [0.2, 0.25) is 0 Å². The second kappa shape index (κ2) is 5.97. The topological polar surface area (TPSA) is 73.0 Å². The molecule has 6 heteroatoms. The van der Waals surface area contributed by atoms with E-state index in [-0.39, 0.29) is 11.3 Å². The van der Waals surface area contributed by atoms with Crippen LogP contribution in [0.5, 0.6) is 0 Å². The number of para-hydroxylation sites is 2. The van der Waals surface area contributed by atoms with Crippen LogP contribution in [0.25, 0.3) is 11.0 Å². The Bertz CT molecular complexity index is 978. The SMILES string of the molecule is Cn1c(NC(=O)c2noc3c2C[C@@H](C(C)(C)C)CC3)nc2ccccc21. The van der Waals surface area contributed by atoms with E-state index in [1.807, 2.05) is 35.9 Å². The van der Waals surface area contributed by atoms with Crippen LogP contribution in [-0.2, 0) is 19.9 Å². The Morgan fingerprint density at radius 2 is 2.08 bits per heavy atom. The molecule has 0 aliphatic heterocycles. The first-order valence-electron chi connectivity index (χ1n) is 9.05. The summed E-state index contributed by atoms with van der Waals surface area (Å²) in [6, 6.07) is 7.79. The third-order valence-electron chi connectivity index (χ3n) is 5.49. The van der Waals surface area contributed by atoms with E-state index < -0.39 is 0 Å². The van der Waals surface area contributed by atoms with Gasteiger partial charge in [-0.15, -0.1) is 0 Å². The van der Waals surface area contributed by atoms with Crippen molar-refractivity contribution in [3.05, 3.63) is 41.3 Å². The van der Waals surface area contributed by atoms with E-state index in [0.29, 0.717) is 17.6 Å². The molecular formula is C20H24N4O2. The quantitative estimate of drug-likeness (QED) is 0.757. The molecule has 0 unspecified atom stereocenters. The fourth-order valence-corrected chi connectivity index (χ4v) is 3.74. The van der Waals surface area contributed by atoms with Gasteiger partial charge in [0.15, 0.2) is 5.69 Å². The number of anilines is 1. The minimum Gasteiger partial charge on any atom is -0.360 e. The number of aromatic nitrogens is 3. The maximum Gasteiger partial charge on any atom is 0.280 e. The van der Waals surface area contributed by atoms with Crippen molar-refractivity contribution >= 4 is 22.9 Å². The summed E-state index contributed by atoms with van der Waals surface area (Å²) in [5.74, 6) is 1.61. The second-order valence-corrected chi connectivity index (χ2v) is 8.18. The molecule has 0 spiro atoms.